The molecule has 0 aliphatic carbocycles. The van der Waals surface area contributed by atoms with Gasteiger partial charge in [0, 0.05) is 43.4 Å². The Bertz CT molecular complexity index is 745. The molecule has 2 aliphatic rings. The van der Waals surface area contributed by atoms with E-state index in [0.717, 1.165) is 49.7 Å². The number of rotatable bonds is 4. The van der Waals surface area contributed by atoms with Crippen LogP contribution in [0.3, 0.4) is 0 Å². The fraction of sp³-hybridized carbons (Fsp3) is 0.444. The summed E-state index contributed by atoms with van der Waals surface area (Å²) in [5, 5.41) is 0. The highest BCUT2D eigenvalue weighted by molar-refractivity contribution is 7.97. The number of aromatic nitrogens is 2. The van der Waals surface area contributed by atoms with E-state index in [1.807, 2.05) is 12.1 Å². The van der Waals surface area contributed by atoms with Crippen LogP contribution in [-0.4, -0.2) is 36.3 Å². The van der Waals surface area contributed by atoms with Crippen LogP contribution in [0.2, 0.25) is 0 Å². The van der Waals surface area contributed by atoms with Gasteiger partial charge in [0.25, 0.3) is 0 Å². The minimum absolute atomic E-state index is 0.221. The van der Waals surface area contributed by atoms with Crippen LogP contribution >= 0.6 is 11.9 Å². The lowest BCUT2D eigenvalue weighted by molar-refractivity contribution is 0.169. The highest BCUT2D eigenvalue weighted by atomic mass is 32.2. The van der Waals surface area contributed by atoms with Gasteiger partial charge in [-0.3, -0.25) is 4.72 Å². The largest absolute Gasteiger partial charge is 0.489 e. The maximum Gasteiger partial charge on any atom is 0.213 e. The predicted molar refractivity (Wildman–Crippen MR) is 98.3 cm³/mol. The number of nitrogens with zero attached hydrogens (tertiary/aromatic N) is 3. The van der Waals surface area contributed by atoms with Crippen LogP contribution in [0, 0.1) is 6.92 Å². The van der Waals surface area contributed by atoms with Gasteiger partial charge in [-0.1, -0.05) is 0 Å². The summed E-state index contributed by atoms with van der Waals surface area (Å²) in [7, 11) is 1.61. The third-order valence-electron chi connectivity index (χ3n) is 4.61. The Morgan fingerprint density at radius 1 is 1.28 bits per heavy atom. The summed E-state index contributed by atoms with van der Waals surface area (Å²) in [5.74, 6) is 2.52. The van der Waals surface area contributed by atoms with Crippen molar-refractivity contribution in [1.29, 1.82) is 0 Å². The lowest BCUT2D eigenvalue weighted by atomic mass is 10.1. The van der Waals surface area contributed by atoms with Crippen LogP contribution in [-0.2, 0) is 6.54 Å². The molecule has 132 valence electrons. The lowest BCUT2D eigenvalue weighted by Gasteiger charge is -2.33. The molecule has 2 aromatic heterocycles. The maximum absolute atomic E-state index is 6.06. The average Bonchev–Trinajstić information content (AvgIpc) is 3.09. The summed E-state index contributed by atoms with van der Waals surface area (Å²) in [5.41, 5.74) is 2.40. The van der Waals surface area contributed by atoms with E-state index in [-0.39, 0.29) is 6.10 Å². The van der Waals surface area contributed by atoms with Gasteiger partial charge in [0.2, 0.25) is 5.88 Å². The van der Waals surface area contributed by atoms with Gasteiger partial charge in [0.15, 0.2) is 0 Å². The van der Waals surface area contributed by atoms with Crippen molar-refractivity contribution in [3.05, 3.63) is 35.7 Å². The van der Waals surface area contributed by atoms with Crippen molar-refractivity contribution in [1.82, 2.24) is 14.7 Å². The molecule has 4 rings (SSSR count). The third kappa shape index (κ3) is 3.52. The Labute approximate surface area is 152 Å². The van der Waals surface area contributed by atoms with Gasteiger partial charge in [-0.15, -0.1) is 0 Å². The minimum atomic E-state index is 0.221. The topological polar surface area (TPSA) is 59.5 Å². The second-order valence-electron chi connectivity index (χ2n) is 6.34. The number of aryl methyl sites for hydroxylation is 1. The molecule has 1 saturated heterocycles. The van der Waals surface area contributed by atoms with E-state index < -0.39 is 0 Å². The number of fused-ring (bicyclic) bond motifs is 1. The highest BCUT2D eigenvalue weighted by Gasteiger charge is 2.24. The maximum atomic E-state index is 6.06. The smallest absolute Gasteiger partial charge is 0.213 e. The molecule has 2 aliphatic heterocycles. The van der Waals surface area contributed by atoms with Crippen molar-refractivity contribution in [3.63, 3.8) is 0 Å². The van der Waals surface area contributed by atoms with Gasteiger partial charge in [0.05, 0.1) is 19.0 Å². The molecule has 2 aromatic rings. The molecule has 0 amide bonds. The lowest BCUT2D eigenvalue weighted by Crippen LogP contribution is -2.39. The molecule has 0 bridgehead atoms. The molecular weight excluding hydrogens is 336 g/mol. The Hall–Kier alpha value is -1.99. The fourth-order valence-electron chi connectivity index (χ4n) is 3.27. The number of ether oxygens (including phenoxy) is 2. The van der Waals surface area contributed by atoms with Gasteiger partial charge in [0.1, 0.15) is 17.7 Å². The summed E-state index contributed by atoms with van der Waals surface area (Å²) in [6.07, 6.45) is 3.91. The summed E-state index contributed by atoms with van der Waals surface area (Å²) in [6, 6.07) is 5.98. The second kappa shape index (κ2) is 7.09. The first-order chi connectivity index (χ1) is 12.2. The second-order valence-corrected chi connectivity index (χ2v) is 7.27. The monoisotopic (exact) mass is 358 g/mol. The van der Waals surface area contributed by atoms with Gasteiger partial charge < -0.3 is 14.4 Å². The van der Waals surface area contributed by atoms with Crippen LogP contribution < -0.4 is 19.1 Å². The fourth-order valence-corrected chi connectivity index (χ4v) is 4.10. The van der Waals surface area contributed by atoms with Crippen LogP contribution in [0.25, 0.3) is 0 Å². The normalized spacial score (nSPS) is 17.4. The molecule has 0 radical (unpaired) electrons. The first kappa shape index (κ1) is 16.5. The SMILES string of the molecule is COc1ccc(OC2CCN(c3nc4c(cc3C)SNC4)CC2)cn1. The number of hydrogen-bond acceptors (Lipinski definition) is 7. The molecule has 6 nitrogen and oxygen atoms in total. The third-order valence-corrected chi connectivity index (χ3v) is 5.47. The van der Waals surface area contributed by atoms with Crippen molar-refractivity contribution < 1.29 is 9.47 Å². The van der Waals surface area contributed by atoms with Gasteiger partial charge in [-0.05, 0) is 36.6 Å². The Morgan fingerprint density at radius 2 is 2.12 bits per heavy atom. The molecule has 0 unspecified atom stereocenters. The zero-order valence-electron chi connectivity index (χ0n) is 14.5. The first-order valence-electron chi connectivity index (χ1n) is 8.55. The summed E-state index contributed by atoms with van der Waals surface area (Å²) in [4.78, 5) is 12.7. The number of anilines is 1. The highest BCUT2D eigenvalue weighted by Crippen LogP contribution is 2.32. The molecule has 0 saturated carbocycles. The predicted octanol–water partition coefficient (Wildman–Crippen LogP) is 2.95. The summed E-state index contributed by atoms with van der Waals surface area (Å²) < 4.78 is 14.4. The molecular formula is C18H22N4O2S. The van der Waals surface area contributed by atoms with Crippen LogP contribution in [0.5, 0.6) is 11.6 Å². The molecule has 1 fully saturated rings. The van der Waals surface area contributed by atoms with Gasteiger partial charge in [-0.2, -0.15) is 0 Å². The zero-order chi connectivity index (χ0) is 17.2. The molecule has 1 N–H and O–H groups in total. The zero-order valence-corrected chi connectivity index (χ0v) is 15.3. The van der Waals surface area contributed by atoms with E-state index in [4.69, 9.17) is 14.5 Å². The van der Waals surface area contributed by atoms with E-state index in [1.165, 1.54) is 10.5 Å². The van der Waals surface area contributed by atoms with E-state index in [1.54, 1.807) is 25.3 Å². The molecule has 0 atom stereocenters. The Kier molecular flexibility index (Phi) is 4.67. The molecule has 0 spiro atoms. The van der Waals surface area contributed by atoms with Crippen LogP contribution in [0.4, 0.5) is 5.82 Å². The standard InChI is InChI=1S/C18H22N4O2S/c1-12-9-16-15(11-20-25-16)21-18(12)22-7-5-13(6-8-22)24-14-3-4-17(23-2)19-10-14/h3-4,9-10,13,20H,5-8,11H2,1-2H3. The van der Waals surface area contributed by atoms with Crippen molar-refractivity contribution in [3.8, 4) is 11.6 Å². The van der Waals surface area contributed by atoms with E-state index >= 15 is 0 Å². The quantitative estimate of drug-likeness (QED) is 0.843. The summed E-state index contributed by atoms with van der Waals surface area (Å²) in [6.45, 7) is 4.91. The van der Waals surface area contributed by atoms with E-state index in [2.05, 4.69) is 27.6 Å². The summed E-state index contributed by atoms with van der Waals surface area (Å²) >= 11 is 1.68. The number of pyridine rings is 2. The molecule has 7 heteroatoms. The minimum Gasteiger partial charge on any atom is -0.489 e. The van der Waals surface area contributed by atoms with Crippen molar-refractivity contribution in [2.45, 2.75) is 37.3 Å². The number of nitrogens with one attached hydrogen (secondary N) is 1. The number of hydrogen-bond donors (Lipinski definition) is 1. The number of piperidine rings is 1. The van der Waals surface area contributed by atoms with Crippen LogP contribution in [0.1, 0.15) is 24.1 Å². The molecule has 0 aromatic carbocycles. The molecule has 25 heavy (non-hydrogen) atoms. The first-order valence-corrected chi connectivity index (χ1v) is 9.36. The number of methoxy groups -OCH3 is 1. The average molecular weight is 358 g/mol. The van der Waals surface area contributed by atoms with Crippen molar-refractivity contribution >= 4 is 17.8 Å². The molecule has 4 heterocycles. The van der Waals surface area contributed by atoms with E-state index in [9.17, 15) is 0 Å². The Balaban J connectivity index is 1.38. The van der Waals surface area contributed by atoms with Crippen molar-refractivity contribution in [2.75, 3.05) is 25.1 Å². The van der Waals surface area contributed by atoms with Gasteiger partial charge in [-0.25, -0.2) is 9.97 Å². The van der Waals surface area contributed by atoms with Crippen molar-refractivity contribution in [2.24, 2.45) is 0 Å². The van der Waals surface area contributed by atoms with E-state index in [0.29, 0.717) is 5.88 Å². The van der Waals surface area contributed by atoms with Gasteiger partial charge >= 0.3 is 0 Å². The van der Waals surface area contributed by atoms with Crippen LogP contribution in [0.15, 0.2) is 29.3 Å². The Morgan fingerprint density at radius 3 is 2.84 bits per heavy atom.